The molecule has 0 radical (unpaired) electrons. The van der Waals surface area contributed by atoms with Crippen LogP contribution in [0.4, 0.5) is 0 Å². The van der Waals surface area contributed by atoms with E-state index in [0.717, 1.165) is 11.1 Å². The van der Waals surface area contributed by atoms with E-state index in [4.69, 9.17) is 33.2 Å². The van der Waals surface area contributed by atoms with Gasteiger partial charge in [-0.05, 0) is 101 Å². The number of ether oxygens (including phenoxy) is 7. The Morgan fingerprint density at radius 3 is 2.22 bits per heavy atom. The van der Waals surface area contributed by atoms with Crippen LogP contribution in [0, 0.1) is 29.6 Å². The average Bonchev–Trinajstić information content (AvgIpc) is 3.32. The third kappa shape index (κ3) is 13.7. The van der Waals surface area contributed by atoms with Crippen molar-refractivity contribution in [2.24, 2.45) is 29.6 Å². The number of carbonyl (C=O) groups excluding carboxylic acids is 5. The molecule has 1 saturated carbocycles. The van der Waals surface area contributed by atoms with E-state index < -0.39 is 89.8 Å². The molecule has 5 rings (SSSR count). The molecule has 15 heteroatoms. The standard InChI is InChI=1S/C53H79NO14/c1-11-38-24-31(2)23-32(3)25-45(63-9)49-46(64-10)27-34(5)53(61,68-49)50(58)51(59)54-22-16-15-19-40(54)52(60)67-48(35(6)41(56)29-42(38)57)33(4)26-37-20-21-43(44(28-37)62-8)65-30-47(66-36(7)55)39-17-13-12-14-18-39/h12-14,17-18,24,26,32,34-35,37-38,40-41,43-49,56,61H,11,15-16,19-23,25,27-30H2,1-10H3. The van der Waals surface area contributed by atoms with Gasteiger partial charge < -0.3 is 48.3 Å². The zero-order valence-corrected chi connectivity index (χ0v) is 42.1. The number of benzene rings is 1. The summed E-state index contributed by atoms with van der Waals surface area (Å²) in [5.74, 6) is -8.14. The Labute approximate surface area is 403 Å². The Morgan fingerprint density at radius 2 is 1.57 bits per heavy atom. The molecule has 1 aromatic rings. The summed E-state index contributed by atoms with van der Waals surface area (Å²) < 4.78 is 42.4. The summed E-state index contributed by atoms with van der Waals surface area (Å²) in [6.07, 6.45) is 3.32. The number of piperidine rings is 1. The molecule has 2 bridgehead atoms. The first-order valence-corrected chi connectivity index (χ1v) is 24.8. The molecule has 15 unspecified atom stereocenters. The lowest BCUT2D eigenvalue weighted by Crippen LogP contribution is -2.64. The number of amides is 1. The van der Waals surface area contributed by atoms with Crippen molar-refractivity contribution < 1.29 is 67.3 Å². The van der Waals surface area contributed by atoms with Crippen molar-refractivity contribution in [3.05, 3.63) is 59.2 Å². The van der Waals surface area contributed by atoms with Gasteiger partial charge in [-0.15, -0.1) is 0 Å². The molecule has 380 valence electrons. The first kappa shape index (κ1) is 55.1. The third-order valence-electron chi connectivity index (χ3n) is 14.8. The maximum absolute atomic E-state index is 14.6. The SMILES string of the molecule is CCC1C=C(C)CC(C)CC(OC)C2OC(O)(C(=O)C(=O)N3CCCCC3C(=O)OC(C(C)=CC3CCC(OCC(OC(C)=O)c4ccccc4)C(OC)C3)C(C)C(O)CC1=O)C(C)CC2OC. The van der Waals surface area contributed by atoms with Crippen molar-refractivity contribution in [2.75, 3.05) is 34.5 Å². The van der Waals surface area contributed by atoms with Gasteiger partial charge >= 0.3 is 11.9 Å². The number of esters is 2. The number of Topliss-reactive ketones (excluding diaryl/α,β-unsaturated/α-hetero) is 2. The van der Waals surface area contributed by atoms with Crippen LogP contribution < -0.4 is 0 Å². The summed E-state index contributed by atoms with van der Waals surface area (Å²) in [6.45, 7) is 12.8. The van der Waals surface area contributed by atoms with Crippen molar-refractivity contribution in [1.82, 2.24) is 4.90 Å². The van der Waals surface area contributed by atoms with E-state index in [9.17, 15) is 34.2 Å². The highest BCUT2D eigenvalue weighted by molar-refractivity contribution is 6.39. The summed E-state index contributed by atoms with van der Waals surface area (Å²) in [6, 6.07) is 8.26. The summed E-state index contributed by atoms with van der Waals surface area (Å²) in [5, 5.41) is 24.0. The number of ketones is 2. The number of hydrogen-bond donors (Lipinski definition) is 2. The van der Waals surface area contributed by atoms with Gasteiger partial charge in [0.25, 0.3) is 11.7 Å². The second-order valence-electron chi connectivity index (χ2n) is 20.0. The van der Waals surface area contributed by atoms with E-state index >= 15 is 0 Å². The molecular formula is C53H79NO14. The second kappa shape index (κ2) is 25.3. The van der Waals surface area contributed by atoms with Gasteiger partial charge in [-0.1, -0.05) is 75.8 Å². The third-order valence-corrected chi connectivity index (χ3v) is 14.8. The maximum Gasteiger partial charge on any atom is 0.329 e. The number of hydrogen-bond acceptors (Lipinski definition) is 14. The van der Waals surface area contributed by atoms with Crippen LogP contribution in [-0.4, -0.2) is 134 Å². The van der Waals surface area contributed by atoms with E-state index in [1.54, 1.807) is 21.0 Å². The molecule has 0 aromatic heterocycles. The fourth-order valence-electron chi connectivity index (χ4n) is 10.8. The smallest absolute Gasteiger partial charge is 0.329 e. The molecule has 0 spiro atoms. The lowest BCUT2D eigenvalue weighted by Gasteiger charge is -2.47. The van der Waals surface area contributed by atoms with Gasteiger partial charge in [-0.25, -0.2) is 4.79 Å². The minimum absolute atomic E-state index is 0.0169. The number of nitrogens with zero attached hydrogens (tertiary/aromatic N) is 1. The van der Waals surface area contributed by atoms with E-state index in [0.29, 0.717) is 56.9 Å². The second-order valence-corrected chi connectivity index (χ2v) is 20.0. The predicted molar refractivity (Wildman–Crippen MR) is 253 cm³/mol. The summed E-state index contributed by atoms with van der Waals surface area (Å²) >= 11 is 0. The van der Waals surface area contributed by atoms with Crippen LogP contribution in [0.15, 0.2) is 53.6 Å². The van der Waals surface area contributed by atoms with Crippen LogP contribution in [0.25, 0.3) is 0 Å². The number of cyclic esters (lactones) is 1. The Kier molecular flexibility index (Phi) is 20.5. The van der Waals surface area contributed by atoms with Crippen LogP contribution in [0.2, 0.25) is 0 Å². The number of allylic oxidation sites excluding steroid dienone is 3. The van der Waals surface area contributed by atoms with E-state index in [2.05, 4.69) is 6.92 Å². The Balaban J connectivity index is 1.45. The minimum atomic E-state index is -2.53. The van der Waals surface area contributed by atoms with Gasteiger partial charge in [0.05, 0.1) is 37.1 Å². The van der Waals surface area contributed by atoms with Crippen LogP contribution in [0.5, 0.6) is 0 Å². The normalized spacial score (nSPS) is 35.9. The van der Waals surface area contributed by atoms with E-state index in [1.807, 2.05) is 63.3 Å². The Bertz CT molecular complexity index is 1920. The molecule has 15 nitrogen and oxygen atoms in total. The lowest BCUT2D eigenvalue weighted by molar-refractivity contribution is -0.302. The Hall–Kier alpha value is -3.83. The molecule has 3 aliphatic heterocycles. The summed E-state index contributed by atoms with van der Waals surface area (Å²) in [4.78, 5) is 70.5. The molecule has 3 heterocycles. The molecule has 2 saturated heterocycles. The van der Waals surface area contributed by atoms with Crippen molar-refractivity contribution in [3.63, 3.8) is 0 Å². The molecule has 3 fully saturated rings. The van der Waals surface area contributed by atoms with Crippen molar-refractivity contribution >= 4 is 29.4 Å². The first-order chi connectivity index (χ1) is 32.3. The highest BCUT2D eigenvalue weighted by Crippen LogP contribution is 2.40. The van der Waals surface area contributed by atoms with E-state index in [-0.39, 0.29) is 62.2 Å². The minimum Gasteiger partial charge on any atom is -0.456 e. The summed E-state index contributed by atoms with van der Waals surface area (Å²) in [7, 11) is 4.69. The molecule has 68 heavy (non-hydrogen) atoms. The molecule has 2 N–H and O–H groups in total. The summed E-state index contributed by atoms with van der Waals surface area (Å²) in [5.41, 5.74) is 2.46. The number of aliphatic hydroxyl groups excluding tert-OH is 1. The Morgan fingerprint density at radius 1 is 0.897 bits per heavy atom. The first-order valence-electron chi connectivity index (χ1n) is 24.8. The van der Waals surface area contributed by atoms with Crippen LogP contribution in [-0.2, 0) is 57.1 Å². The fourth-order valence-corrected chi connectivity index (χ4v) is 10.8. The number of fused-ring (bicyclic) bond motifs is 3. The fraction of sp³-hybridized carbons (Fsp3) is 0.717. The highest BCUT2D eigenvalue weighted by atomic mass is 16.7. The zero-order chi connectivity index (χ0) is 49.9. The number of carbonyl (C=O) groups is 5. The highest BCUT2D eigenvalue weighted by Gasteiger charge is 2.56. The number of aliphatic hydroxyl groups is 2. The van der Waals surface area contributed by atoms with Crippen LogP contribution in [0.3, 0.4) is 0 Å². The molecule has 1 amide bonds. The van der Waals surface area contributed by atoms with Crippen molar-refractivity contribution in [1.29, 1.82) is 0 Å². The lowest BCUT2D eigenvalue weighted by atomic mass is 9.81. The number of rotatable bonds is 11. The van der Waals surface area contributed by atoms with Gasteiger partial charge in [0.15, 0.2) is 6.10 Å². The largest absolute Gasteiger partial charge is 0.456 e. The van der Waals surface area contributed by atoms with E-state index in [1.165, 1.54) is 26.0 Å². The van der Waals surface area contributed by atoms with Crippen LogP contribution >= 0.6 is 0 Å². The molecule has 15 atom stereocenters. The van der Waals surface area contributed by atoms with Gasteiger partial charge in [-0.3, -0.25) is 19.2 Å². The van der Waals surface area contributed by atoms with Crippen molar-refractivity contribution in [2.45, 2.75) is 180 Å². The average molecular weight is 954 g/mol. The topological polar surface area (TPSA) is 194 Å². The monoisotopic (exact) mass is 954 g/mol. The molecule has 4 aliphatic rings. The van der Waals surface area contributed by atoms with Crippen molar-refractivity contribution in [3.8, 4) is 0 Å². The van der Waals surface area contributed by atoms with Gasteiger partial charge in [0.2, 0.25) is 5.79 Å². The predicted octanol–water partition coefficient (Wildman–Crippen LogP) is 6.80. The maximum atomic E-state index is 14.6. The van der Waals surface area contributed by atoms with Gasteiger partial charge in [0, 0.05) is 59.0 Å². The quantitative estimate of drug-likeness (QED) is 0.134. The molecule has 1 aliphatic carbocycles. The molecular weight excluding hydrogens is 875 g/mol. The number of methoxy groups -OCH3 is 3. The molecule has 1 aromatic carbocycles. The van der Waals surface area contributed by atoms with Crippen LogP contribution in [0.1, 0.15) is 131 Å². The zero-order valence-electron chi connectivity index (χ0n) is 42.1. The van der Waals surface area contributed by atoms with Gasteiger partial charge in [0.1, 0.15) is 24.0 Å². The van der Waals surface area contributed by atoms with Gasteiger partial charge in [-0.2, -0.15) is 0 Å².